The lowest BCUT2D eigenvalue weighted by atomic mass is 9.94. The van der Waals surface area contributed by atoms with Gasteiger partial charge in [-0.05, 0) is 26.2 Å². The second-order valence-electron chi connectivity index (χ2n) is 4.45. The Balaban J connectivity index is 2.36. The molecule has 0 aromatic heterocycles. The second-order valence-corrected chi connectivity index (χ2v) is 6.92. The smallest absolute Gasteiger partial charge is 0.164 e. The molecule has 0 bridgehead atoms. The monoisotopic (exact) mass is 248 g/mol. The number of sulfone groups is 1. The molecule has 4 nitrogen and oxygen atoms in total. The topological polar surface area (TPSA) is 60.4 Å². The van der Waals surface area contributed by atoms with Gasteiger partial charge in [0.1, 0.15) is 15.4 Å². The summed E-state index contributed by atoms with van der Waals surface area (Å²) in [5.41, 5.74) is -0.657. The van der Waals surface area contributed by atoms with Crippen molar-refractivity contribution in [3.05, 3.63) is 0 Å². The highest BCUT2D eigenvalue weighted by molar-refractivity contribution is 7.91. The molecule has 0 aromatic rings. The number of Topliss-reactive ketones (excluding diaryl/α,β-unsaturated/α-hetero) is 1. The summed E-state index contributed by atoms with van der Waals surface area (Å²) >= 11 is 0. The molecule has 1 saturated heterocycles. The third-order valence-corrected chi connectivity index (χ3v) is 4.90. The Morgan fingerprint density at radius 2 is 2.12 bits per heavy atom. The van der Waals surface area contributed by atoms with Gasteiger partial charge in [-0.15, -0.1) is 0 Å². The van der Waals surface area contributed by atoms with E-state index in [0.717, 1.165) is 12.8 Å². The summed E-state index contributed by atoms with van der Waals surface area (Å²) in [6.45, 7) is 4.06. The van der Waals surface area contributed by atoms with Crippen LogP contribution in [0.2, 0.25) is 0 Å². The third kappa shape index (κ3) is 3.56. The number of carbonyl (C=O) groups is 1. The van der Waals surface area contributed by atoms with E-state index in [1.807, 2.05) is 0 Å². The summed E-state index contributed by atoms with van der Waals surface area (Å²) in [6.07, 6.45) is 2.38. The first kappa shape index (κ1) is 13.6. The zero-order valence-corrected chi connectivity index (χ0v) is 10.8. The van der Waals surface area contributed by atoms with Gasteiger partial charge in [-0.25, -0.2) is 8.42 Å². The molecule has 0 saturated carbocycles. The normalized spacial score (nSPS) is 25.9. The van der Waals surface area contributed by atoms with Crippen LogP contribution in [0, 0.1) is 0 Å². The van der Waals surface area contributed by atoms with Crippen molar-refractivity contribution in [2.24, 2.45) is 0 Å². The first-order chi connectivity index (χ1) is 7.40. The predicted octanol–water partition coefficient (Wildman–Crippen LogP) is 1.34. The fourth-order valence-corrected chi connectivity index (χ4v) is 2.73. The molecule has 94 valence electrons. The summed E-state index contributed by atoms with van der Waals surface area (Å²) in [7, 11) is -2.95. The van der Waals surface area contributed by atoms with E-state index in [2.05, 4.69) is 0 Å². The highest BCUT2D eigenvalue weighted by Gasteiger charge is 2.36. The number of rotatable bonds is 6. The van der Waals surface area contributed by atoms with Crippen LogP contribution < -0.4 is 0 Å². The van der Waals surface area contributed by atoms with Gasteiger partial charge < -0.3 is 4.74 Å². The quantitative estimate of drug-likeness (QED) is 0.711. The Hall–Kier alpha value is -0.420. The van der Waals surface area contributed by atoms with Crippen molar-refractivity contribution in [3.8, 4) is 0 Å². The molecule has 16 heavy (non-hydrogen) atoms. The summed E-state index contributed by atoms with van der Waals surface area (Å²) < 4.78 is 27.9. The van der Waals surface area contributed by atoms with Gasteiger partial charge in [0, 0.05) is 18.8 Å². The van der Waals surface area contributed by atoms with E-state index in [1.54, 1.807) is 13.8 Å². The van der Waals surface area contributed by atoms with Crippen molar-refractivity contribution in [2.75, 3.05) is 18.1 Å². The van der Waals surface area contributed by atoms with Gasteiger partial charge in [-0.2, -0.15) is 0 Å². The van der Waals surface area contributed by atoms with Crippen LogP contribution in [0.1, 0.15) is 39.5 Å². The zero-order valence-electron chi connectivity index (χ0n) is 9.99. The molecule has 0 amide bonds. The molecule has 0 aliphatic carbocycles. The number of carbonyl (C=O) groups excluding carboxylic acids is 1. The Labute approximate surface area is 97.3 Å². The van der Waals surface area contributed by atoms with Crippen molar-refractivity contribution in [2.45, 2.75) is 45.1 Å². The van der Waals surface area contributed by atoms with Gasteiger partial charge in [0.2, 0.25) is 0 Å². The van der Waals surface area contributed by atoms with E-state index >= 15 is 0 Å². The molecule has 0 radical (unpaired) electrons. The molecule has 0 aromatic carbocycles. The largest absolute Gasteiger partial charge is 0.368 e. The Bertz CT molecular complexity index is 339. The second kappa shape index (κ2) is 5.27. The maximum absolute atomic E-state index is 11.8. The van der Waals surface area contributed by atoms with Crippen LogP contribution in [0.5, 0.6) is 0 Å². The van der Waals surface area contributed by atoms with Crippen LogP contribution in [0.15, 0.2) is 0 Å². The first-order valence-electron chi connectivity index (χ1n) is 5.77. The Kier molecular flexibility index (Phi) is 4.50. The third-order valence-electron chi connectivity index (χ3n) is 3.11. The van der Waals surface area contributed by atoms with Crippen LogP contribution >= 0.6 is 0 Å². The maximum Gasteiger partial charge on any atom is 0.164 e. The summed E-state index contributed by atoms with van der Waals surface area (Å²) in [4.78, 5) is 11.8. The van der Waals surface area contributed by atoms with Crippen LogP contribution in [0.25, 0.3) is 0 Å². The summed E-state index contributed by atoms with van der Waals surface area (Å²) in [6, 6.07) is 0. The maximum atomic E-state index is 11.8. The summed E-state index contributed by atoms with van der Waals surface area (Å²) in [5, 5.41) is 0. The van der Waals surface area contributed by atoms with Gasteiger partial charge in [0.15, 0.2) is 5.78 Å². The van der Waals surface area contributed by atoms with Crippen molar-refractivity contribution in [1.82, 2.24) is 0 Å². The highest BCUT2D eigenvalue weighted by atomic mass is 32.2. The molecular weight excluding hydrogens is 228 g/mol. The molecule has 0 N–H and O–H groups in total. The molecule has 1 unspecified atom stereocenters. The molecular formula is C11H20O4S. The van der Waals surface area contributed by atoms with Crippen LogP contribution in [0.4, 0.5) is 0 Å². The van der Waals surface area contributed by atoms with E-state index in [9.17, 15) is 13.2 Å². The van der Waals surface area contributed by atoms with Gasteiger partial charge in [-0.3, -0.25) is 4.79 Å². The van der Waals surface area contributed by atoms with Gasteiger partial charge in [0.25, 0.3) is 0 Å². The lowest BCUT2D eigenvalue weighted by molar-refractivity contribution is -0.137. The standard InChI is InChI=1S/C11H20O4S/c1-3-16(13,14)9-4-6-10(12)11(2)7-5-8-15-11/h3-9H2,1-2H3. The molecule has 1 fully saturated rings. The van der Waals surface area contributed by atoms with Crippen LogP contribution in [0.3, 0.4) is 0 Å². The first-order valence-corrected chi connectivity index (χ1v) is 7.59. The van der Waals surface area contributed by atoms with Crippen molar-refractivity contribution >= 4 is 15.6 Å². The number of hydrogen-bond acceptors (Lipinski definition) is 4. The molecule has 1 atom stereocenters. The van der Waals surface area contributed by atoms with Gasteiger partial charge >= 0.3 is 0 Å². The molecule has 1 rings (SSSR count). The van der Waals surface area contributed by atoms with Crippen LogP contribution in [-0.4, -0.2) is 37.9 Å². The average Bonchev–Trinajstić information content (AvgIpc) is 2.66. The number of ketones is 1. The highest BCUT2D eigenvalue weighted by Crippen LogP contribution is 2.27. The van der Waals surface area contributed by atoms with E-state index in [-0.39, 0.29) is 17.3 Å². The molecule has 1 heterocycles. The molecule has 1 aliphatic heterocycles. The van der Waals surface area contributed by atoms with E-state index in [1.165, 1.54) is 0 Å². The molecule has 5 heteroatoms. The average molecular weight is 248 g/mol. The Morgan fingerprint density at radius 3 is 2.62 bits per heavy atom. The van der Waals surface area contributed by atoms with Gasteiger partial charge in [-0.1, -0.05) is 6.92 Å². The number of ether oxygens (including phenoxy) is 1. The minimum atomic E-state index is -2.95. The van der Waals surface area contributed by atoms with E-state index in [0.29, 0.717) is 19.4 Å². The Morgan fingerprint density at radius 1 is 1.44 bits per heavy atom. The van der Waals surface area contributed by atoms with Crippen LogP contribution in [-0.2, 0) is 19.4 Å². The van der Waals surface area contributed by atoms with Crippen molar-refractivity contribution < 1.29 is 17.9 Å². The SMILES string of the molecule is CCS(=O)(=O)CCCC(=O)C1(C)CCCO1. The van der Waals surface area contributed by atoms with E-state index < -0.39 is 15.4 Å². The fourth-order valence-electron chi connectivity index (χ4n) is 1.86. The predicted molar refractivity (Wildman–Crippen MR) is 62.2 cm³/mol. The van der Waals surface area contributed by atoms with E-state index in [4.69, 9.17) is 4.74 Å². The zero-order chi connectivity index (χ0) is 12.2. The lowest BCUT2D eigenvalue weighted by Gasteiger charge is -2.21. The molecule has 1 aliphatic rings. The lowest BCUT2D eigenvalue weighted by Crippen LogP contribution is -2.34. The minimum Gasteiger partial charge on any atom is -0.368 e. The van der Waals surface area contributed by atoms with Crippen molar-refractivity contribution in [3.63, 3.8) is 0 Å². The minimum absolute atomic E-state index is 0.0382. The number of hydrogen-bond donors (Lipinski definition) is 0. The van der Waals surface area contributed by atoms with Crippen molar-refractivity contribution in [1.29, 1.82) is 0 Å². The fraction of sp³-hybridized carbons (Fsp3) is 0.909. The molecule has 0 spiro atoms. The summed E-state index contributed by atoms with van der Waals surface area (Å²) in [5.74, 6) is 0.289. The van der Waals surface area contributed by atoms with Gasteiger partial charge in [0.05, 0.1) is 5.75 Å².